The molecule has 158 valence electrons. The fourth-order valence-electron chi connectivity index (χ4n) is 3.48. The van der Waals surface area contributed by atoms with Crippen LogP contribution in [-0.2, 0) is 16.1 Å². The molecular weight excluding hydrogens is 414 g/mol. The minimum Gasteiger partial charge on any atom is -0.497 e. The number of hydrogen-bond acceptors (Lipinski definition) is 5. The van der Waals surface area contributed by atoms with Gasteiger partial charge in [-0.05, 0) is 35.7 Å². The molecule has 0 bridgehead atoms. The van der Waals surface area contributed by atoms with Crippen LogP contribution in [0, 0.1) is 0 Å². The number of nitrogens with zero attached hydrogens (tertiary/aromatic N) is 2. The van der Waals surface area contributed by atoms with Crippen molar-refractivity contribution in [2.45, 2.75) is 19.0 Å². The molecule has 1 saturated heterocycles. The van der Waals surface area contributed by atoms with Crippen molar-refractivity contribution in [1.29, 1.82) is 0 Å². The third kappa shape index (κ3) is 4.44. The van der Waals surface area contributed by atoms with E-state index in [0.717, 1.165) is 9.78 Å². The van der Waals surface area contributed by atoms with Gasteiger partial charge in [-0.25, -0.2) is 9.69 Å². The normalized spacial score (nSPS) is 16.0. The minimum absolute atomic E-state index is 0.134. The van der Waals surface area contributed by atoms with Gasteiger partial charge in [0.05, 0.1) is 25.8 Å². The van der Waals surface area contributed by atoms with Crippen LogP contribution >= 0.6 is 11.3 Å². The number of ether oxygens (including phenoxy) is 1. The van der Waals surface area contributed by atoms with Gasteiger partial charge in [0.1, 0.15) is 11.8 Å². The molecule has 4 amide bonds. The molecule has 3 aromatic rings. The molecule has 1 aliphatic heterocycles. The van der Waals surface area contributed by atoms with Crippen molar-refractivity contribution in [1.82, 2.24) is 4.90 Å². The van der Waals surface area contributed by atoms with E-state index >= 15 is 0 Å². The van der Waals surface area contributed by atoms with Crippen molar-refractivity contribution >= 4 is 40.6 Å². The average Bonchev–Trinajstić information content (AvgIpc) is 3.37. The number of thiophene rings is 1. The zero-order valence-corrected chi connectivity index (χ0v) is 17.7. The van der Waals surface area contributed by atoms with Crippen LogP contribution < -0.4 is 15.0 Å². The van der Waals surface area contributed by atoms with E-state index < -0.39 is 18.0 Å². The van der Waals surface area contributed by atoms with Crippen LogP contribution in [0.4, 0.5) is 16.2 Å². The zero-order valence-electron chi connectivity index (χ0n) is 16.9. The van der Waals surface area contributed by atoms with Gasteiger partial charge in [-0.15, -0.1) is 11.3 Å². The van der Waals surface area contributed by atoms with E-state index in [1.54, 1.807) is 36.4 Å². The lowest BCUT2D eigenvalue weighted by atomic mass is 10.1. The highest BCUT2D eigenvalue weighted by molar-refractivity contribution is 7.09. The molecule has 1 unspecified atom stereocenters. The van der Waals surface area contributed by atoms with Crippen molar-refractivity contribution < 1.29 is 19.1 Å². The van der Waals surface area contributed by atoms with Crippen LogP contribution in [0.3, 0.4) is 0 Å². The summed E-state index contributed by atoms with van der Waals surface area (Å²) in [4.78, 5) is 42.7. The maximum absolute atomic E-state index is 13.3. The summed E-state index contributed by atoms with van der Waals surface area (Å²) in [6, 6.07) is 18.2. The predicted molar refractivity (Wildman–Crippen MR) is 119 cm³/mol. The van der Waals surface area contributed by atoms with Gasteiger partial charge in [0.15, 0.2) is 0 Å². The van der Waals surface area contributed by atoms with Crippen LogP contribution in [0.15, 0.2) is 72.1 Å². The molecule has 8 heteroatoms. The van der Waals surface area contributed by atoms with E-state index in [4.69, 9.17) is 4.74 Å². The summed E-state index contributed by atoms with van der Waals surface area (Å²) >= 11 is 1.50. The molecule has 1 aliphatic rings. The van der Waals surface area contributed by atoms with Crippen LogP contribution in [0.5, 0.6) is 5.75 Å². The number of para-hydroxylation sites is 1. The monoisotopic (exact) mass is 435 g/mol. The van der Waals surface area contributed by atoms with Crippen LogP contribution in [0.2, 0.25) is 0 Å². The topological polar surface area (TPSA) is 79.0 Å². The fourth-order valence-corrected chi connectivity index (χ4v) is 4.18. The first-order chi connectivity index (χ1) is 15.1. The first-order valence-electron chi connectivity index (χ1n) is 9.72. The van der Waals surface area contributed by atoms with Crippen LogP contribution in [-0.4, -0.2) is 35.9 Å². The van der Waals surface area contributed by atoms with Crippen molar-refractivity contribution in [2.24, 2.45) is 0 Å². The average molecular weight is 436 g/mol. The number of carbonyl (C=O) groups excluding carboxylic acids is 3. The Morgan fingerprint density at radius 1 is 1.06 bits per heavy atom. The number of anilines is 2. The van der Waals surface area contributed by atoms with E-state index in [1.807, 2.05) is 35.7 Å². The summed E-state index contributed by atoms with van der Waals surface area (Å²) in [5.41, 5.74) is 1.05. The van der Waals surface area contributed by atoms with Gasteiger partial charge in [0, 0.05) is 16.6 Å². The third-order valence-electron chi connectivity index (χ3n) is 4.97. The standard InChI is InChI=1S/C23H21N3O4S/c1-30-18-10-5-9-17(13-18)26-22(28)20(14-21(27)24-16-7-3-2-4-8-16)25(23(26)29)15-19-11-6-12-31-19/h2-13,20H,14-15H2,1H3,(H,24,27). The maximum Gasteiger partial charge on any atom is 0.332 e. The molecule has 1 N–H and O–H groups in total. The molecule has 2 heterocycles. The summed E-state index contributed by atoms with van der Waals surface area (Å²) in [6.45, 7) is 0.256. The summed E-state index contributed by atoms with van der Waals surface area (Å²) in [5.74, 6) is -0.229. The Morgan fingerprint density at radius 2 is 1.87 bits per heavy atom. The van der Waals surface area contributed by atoms with Crippen molar-refractivity contribution in [2.75, 3.05) is 17.3 Å². The first-order valence-corrected chi connectivity index (χ1v) is 10.6. The van der Waals surface area contributed by atoms with Crippen LogP contribution in [0.25, 0.3) is 0 Å². The molecule has 4 rings (SSSR count). The van der Waals surface area contributed by atoms with Gasteiger partial charge in [-0.1, -0.05) is 30.3 Å². The Labute approximate surface area is 183 Å². The van der Waals surface area contributed by atoms with Crippen LogP contribution in [0.1, 0.15) is 11.3 Å². The van der Waals surface area contributed by atoms with Crippen molar-refractivity contribution in [3.8, 4) is 5.75 Å². The molecule has 1 aromatic heterocycles. The summed E-state index contributed by atoms with van der Waals surface area (Å²) < 4.78 is 5.23. The molecule has 2 aromatic carbocycles. The zero-order chi connectivity index (χ0) is 21.8. The molecule has 7 nitrogen and oxygen atoms in total. The minimum atomic E-state index is -0.899. The second-order valence-corrected chi connectivity index (χ2v) is 8.03. The molecule has 0 radical (unpaired) electrons. The Bertz CT molecular complexity index is 1090. The smallest absolute Gasteiger partial charge is 0.332 e. The second kappa shape index (κ2) is 9.01. The van der Waals surface area contributed by atoms with Crippen molar-refractivity contribution in [3.63, 3.8) is 0 Å². The van der Waals surface area contributed by atoms with E-state index in [9.17, 15) is 14.4 Å². The summed E-state index contributed by atoms with van der Waals surface area (Å²) in [7, 11) is 1.52. The summed E-state index contributed by atoms with van der Waals surface area (Å²) in [6.07, 6.45) is -0.134. The van der Waals surface area contributed by atoms with E-state index in [0.29, 0.717) is 17.1 Å². The van der Waals surface area contributed by atoms with Gasteiger partial charge < -0.3 is 15.0 Å². The number of benzene rings is 2. The Hall–Kier alpha value is -3.65. The molecule has 0 aliphatic carbocycles. The molecule has 0 spiro atoms. The molecule has 31 heavy (non-hydrogen) atoms. The number of hydrogen-bond donors (Lipinski definition) is 1. The lowest BCUT2D eigenvalue weighted by Gasteiger charge is -2.21. The SMILES string of the molecule is COc1cccc(N2C(=O)C(CC(=O)Nc3ccccc3)N(Cc3cccs3)C2=O)c1. The fraction of sp³-hybridized carbons (Fsp3) is 0.174. The maximum atomic E-state index is 13.3. The second-order valence-electron chi connectivity index (χ2n) is 7.00. The lowest BCUT2D eigenvalue weighted by Crippen LogP contribution is -2.37. The third-order valence-corrected chi connectivity index (χ3v) is 5.83. The summed E-state index contributed by atoms with van der Waals surface area (Å²) in [5, 5.41) is 4.70. The van der Waals surface area contributed by atoms with Gasteiger partial charge >= 0.3 is 6.03 Å². The number of imide groups is 1. The van der Waals surface area contributed by atoms with E-state index in [-0.39, 0.29) is 18.9 Å². The van der Waals surface area contributed by atoms with Gasteiger partial charge in [0.2, 0.25) is 5.91 Å². The lowest BCUT2D eigenvalue weighted by molar-refractivity contribution is -0.124. The largest absolute Gasteiger partial charge is 0.497 e. The highest BCUT2D eigenvalue weighted by Crippen LogP contribution is 2.31. The molecule has 0 saturated carbocycles. The quantitative estimate of drug-likeness (QED) is 0.566. The van der Waals surface area contributed by atoms with E-state index in [1.165, 1.54) is 23.3 Å². The van der Waals surface area contributed by atoms with E-state index in [2.05, 4.69) is 5.32 Å². The molecule has 1 fully saturated rings. The van der Waals surface area contributed by atoms with Gasteiger partial charge in [-0.3, -0.25) is 9.59 Å². The molecule has 1 atom stereocenters. The Balaban J connectivity index is 1.60. The number of methoxy groups -OCH3 is 1. The van der Waals surface area contributed by atoms with Crippen molar-refractivity contribution in [3.05, 3.63) is 77.0 Å². The number of amides is 4. The number of nitrogens with one attached hydrogen (secondary N) is 1. The first kappa shape index (κ1) is 20.6. The highest BCUT2D eigenvalue weighted by atomic mass is 32.1. The number of urea groups is 1. The number of rotatable bonds is 7. The van der Waals surface area contributed by atoms with Gasteiger partial charge in [0.25, 0.3) is 5.91 Å². The van der Waals surface area contributed by atoms with Gasteiger partial charge in [-0.2, -0.15) is 0 Å². The highest BCUT2D eigenvalue weighted by Gasteiger charge is 2.46. The Kier molecular flexibility index (Phi) is 5.99. The predicted octanol–water partition coefficient (Wildman–Crippen LogP) is 4.12. The Morgan fingerprint density at radius 3 is 2.58 bits per heavy atom. The molecular formula is C23H21N3O4S. The number of carbonyl (C=O) groups is 3.